The van der Waals surface area contributed by atoms with Gasteiger partial charge >= 0.3 is 16.8 Å². The van der Waals surface area contributed by atoms with Gasteiger partial charge in [-0.3, -0.25) is 9.97 Å². The van der Waals surface area contributed by atoms with Gasteiger partial charge < -0.3 is 0 Å². The fourth-order valence-corrected chi connectivity index (χ4v) is 3.22. The van der Waals surface area contributed by atoms with E-state index < -0.39 is 0 Å². The van der Waals surface area contributed by atoms with E-state index in [1.54, 1.807) is 34.2 Å². The van der Waals surface area contributed by atoms with E-state index in [1.807, 2.05) is 97.3 Å². The first-order chi connectivity index (χ1) is 16.9. The van der Waals surface area contributed by atoms with Crippen molar-refractivity contribution < 1.29 is 16.8 Å². The quantitative estimate of drug-likeness (QED) is 0.348. The fraction of sp³-hybridized carbons (Fsp3) is 0. The molecule has 0 amide bonds. The molecule has 0 spiro atoms. The first-order valence-electron chi connectivity index (χ1n) is 10.6. The molecule has 0 aliphatic heterocycles. The van der Waals surface area contributed by atoms with Crippen LogP contribution >= 0.6 is 0 Å². The Balaban J connectivity index is 0.000000160. The molecule has 0 fully saturated rings. The number of pyridine rings is 4. The third-order valence-electron chi connectivity index (χ3n) is 4.80. The molecular formula is C26H20CoN8+3. The van der Waals surface area contributed by atoms with Crippen LogP contribution in [-0.2, 0) is 16.8 Å². The maximum atomic E-state index is 4.52. The van der Waals surface area contributed by atoms with E-state index in [2.05, 4.69) is 30.1 Å². The van der Waals surface area contributed by atoms with Crippen molar-refractivity contribution in [1.82, 2.24) is 39.5 Å². The van der Waals surface area contributed by atoms with Gasteiger partial charge in [-0.1, -0.05) is 24.3 Å². The predicted octanol–water partition coefficient (Wildman–Crippen LogP) is 4.66. The Morgan fingerprint density at radius 1 is 0.429 bits per heavy atom. The van der Waals surface area contributed by atoms with Crippen molar-refractivity contribution in [3.8, 4) is 34.4 Å². The van der Waals surface area contributed by atoms with Crippen LogP contribution in [0.5, 0.6) is 0 Å². The average molecular weight is 503 g/mol. The van der Waals surface area contributed by atoms with E-state index in [9.17, 15) is 0 Å². The summed E-state index contributed by atoms with van der Waals surface area (Å²) in [7, 11) is 0. The summed E-state index contributed by atoms with van der Waals surface area (Å²) in [5.74, 6) is 1.58. The van der Waals surface area contributed by atoms with Crippen LogP contribution in [0.1, 0.15) is 0 Å². The van der Waals surface area contributed by atoms with Gasteiger partial charge in [0.15, 0.2) is 11.6 Å². The van der Waals surface area contributed by atoms with Gasteiger partial charge in [-0.25, -0.2) is 19.3 Å². The molecular weight excluding hydrogens is 483 g/mol. The summed E-state index contributed by atoms with van der Waals surface area (Å²) in [5.41, 5.74) is 3.42. The van der Waals surface area contributed by atoms with Gasteiger partial charge in [0.1, 0.15) is 0 Å². The molecule has 0 unspecified atom stereocenters. The first kappa shape index (κ1) is 23.7. The standard InChI is InChI=1S/2C13H10N4.Co/c2*1-2-8-14-11(5-1)12-6-3-7-13(16-12)17-10-4-9-15-17;/h2*1-10H;/q;;+3. The average Bonchev–Trinajstić information content (AvgIpc) is 3.66. The van der Waals surface area contributed by atoms with Gasteiger partial charge in [0.2, 0.25) is 0 Å². The SMILES string of the molecule is [Co+3].c1ccc(-c2cccc(-n3cccn3)n2)nc1.c1ccc(-c2cccc(-n3cccn3)n2)nc1. The molecule has 6 heterocycles. The topological polar surface area (TPSA) is 87.2 Å². The molecule has 6 aromatic rings. The van der Waals surface area contributed by atoms with Crippen LogP contribution < -0.4 is 0 Å². The maximum Gasteiger partial charge on any atom is 3.00 e. The summed E-state index contributed by atoms with van der Waals surface area (Å²) in [6.45, 7) is 0. The number of hydrogen-bond acceptors (Lipinski definition) is 6. The summed E-state index contributed by atoms with van der Waals surface area (Å²) >= 11 is 0. The minimum atomic E-state index is 0. The Morgan fingerprint density at radius 2 is 0.886 bits per heavy atom. The molecule has 0 aliphatic carbocycles. The third kappa shape index (κ3) is 5.91. The largest absolute Gasteiger partial charge is 3.00 e. The van der Waals surface area contributed by atoms with Crippen molar-refractivity contribution in [1.29, 1.82) is 0 Å². The third-order valence-corrected chi connectivity index (χ3v) is 4.80. The molecule has 6 rings (SSSR count). The molecule has 0 N–H and O–H groups in total. The fourth-order valence-electron chi connectivity index (χ4n) is 3.22. The molecule has 9 heteroatoms. The second-order valence-corrected chi connectivity index (χ2v) is 7.09. The van der Waals surface area contributed by atoms with Gasteiger partial charge in [-0.2, -0.15) is 10.2 Å². The van der Waals surface area contributed by atoms with E-state index in [4.69, 9.17) is 0 Å². The monoisotopic (exact) mass is 503 g/mol. The summed E-state index contributed by atoms with van der Waals surface area (Å²) in [6.07, 6.45) is 10.7. The van der Waals surface area contributed by atoms with Gasteiger partial charge in [0, 0.05) is 37.2 Å². The van der Waals surface area contributed by atoms with E-state index in [-0.39, 0.29) is 16.8 Å². The molecule has 0 radical (unpaired) electrons. The Morgan fingerprint density at radius 3 is 1.26 bits per heavy atom. The Labute approximate surface area is 212 Å². The van der Waals surface area contributed by atoms with Crippen molar-refractivity contribution in [2.24, 2.45) is 0 Å². The van der Waals surface area contributed by atoms with Crippen LogP contribution in [0, 0.1) is 0 Å². The Hall–Kier alpha value is -4.47. The summed E-state index contributed by atoms with van der Waals surface area (Å²) in [4.78, 5) is 17.6. The van der Waals surface area contributed by atoms with Gasteiger partial charge in [0.25, 0.3) is 0 Å². The van der Waals surface area contributed by atoms with Crippen molar-refractivity contribution >= 4 is 0 Å². The van der Waals surface area contributed by atoms with E-state index in [1.165, 1.54) is 0 Å². The molecule has 35 heavy (non-hydrogen) atoms. The number of rotatable bonds is 4. The molecule has 6 aromatic heterocycles. The minimum Gasteiger partial charge on any atom is -0.255 e. The van der Waals surface area contributed by atoms with E-state index in [0.717, 1.165) is 34.4 Å². The maximum absolute atomic E-state index is 4.52. The predicted molar refractivity (Wildman–Crippen MR) is 129 cm³/mol. The normalized spacial score (nSPS) is 10.1. The molecule has 0 bridgehead atoms. The zero-order valence-electron chi connectivity index (χ0n) is 18.5. The molecule has 0 saturated heterocycles. The first-order valence-corrected chi connectivity index (χ1v) is 10.6. The number of hydrogen-bond donors (Lipinski definition) is 0. The van der Waals surface area contributed by atoms with Gasteiger partial charge in [0.05, 0.1) is 22.8 Å². The van der Waals surface area contributed by atoms with E-state index >= 15 is 0 Å². The molecule has 0 atom stereocenters. The molecule has 8 nitrogen and oxygen atoms in total. The van der Waals surface area contributed by atoms with Crippen LogP contribution in [-0.4, -0.2) is 39.5 Å². The van der Waals surface area contributed by atoms with Crippen LogP contribution in [0.15, 0.2) is 122 Å². The van der Waals surface area contributed by atoms with Crippen LogP contribution in [0.4, 0.5) is 0 Å². The zero-order chi connectivity index (χ0) is 23.0. The summed E-state index contributed by atoms with van der Waals surface area (Å²) < 4.78 is 3.46. The second kappa shape index (κ2) is 11.6. The minimum absolute atomic E-state index is 0. The van der Waals surface area contributed by atoms with Gasteiger partial charge in [-0.15, -0.1) is 0 Å². The summed E-state index contributed by atoms with van der Waals surface area (Å²) in [5, 5.41) is 8.31. The van der Waals surface area contributed by atoms with Crippen molar-refractivity contribution in [2.75, 3.05) is 0 Å². The number of aromatic nitrogens is 8. The van der Waals surface area contributed by atoms with Crippen molar-refractivity contribution in [3.63, 3.8) is 0 Å². The second-order valence-electron chi connectivity index (χ2n) is 7.09. The zero-order valence-corrected chi connectivity index (χ0v) is 19.5. The molecule has 0 aromatic carbocycles. The molecule has 0 aliphatic rings. The Kier molecular flexibility index (Phi) is 7.84. The van der Waals surface area contributed by atoms with Crippen LogP contribution in [0.2, 0.25) is 0 Å². The van der Waals surface area contributed by atoms with Crippen molar-refractivity contribution in [2.45, 2.75) is 0 Å². The molecule has 0 saturated carbocycles. The Bertz CT molecular complexity index is 1320. The van der Waals surface area contributed by atoms with E-state index in [0.29, 0.717) is 0 Å². The van der Waals surface area contributed by atoms with Crippen LogP contribution in [0.3, 0.4) is 0 Å². The number of nitrogens with zero attached hydrogens (tertiary/aromatic N) is 8. The van der Waals surface area contributed by atoms with Gasteiger partial charge in [-0.05, 0) is 60.7 Å². The molecule has 170 valence electrons. The summed E-state index contributed by atoms with van der Waals surface area (Å²) in [6, 6.07) is 26.9. The van der Waals surface area contributed by atoms with Crippen LogP contribution in [0.25, 0.3) is 34.4 Å². The smallest absolute Gasteiger partial charge is 0.255 e. The van der Waals surface area contributed by atoms with Crippen molar-refractivity contribution in [3.05, 3.63) is 122 Å².